The summed E-state index contributed by atoms with van der Waals surface area (Å²) < 4.78 is 6.81. The average Bonchev–Trinajstić information content (AvgIpc) is 3.04. The minimum absolute atomic E-state index is 0.539. The molecule has 0 N–H and O–H groups in total. The smallest absolute Gasteiger partial charge is 0.248 e. The summed E-state index contributed by atoms with van der Waals surface area (Å²) in [6.07, 6.45) is 3.54. The first-order valence-electron chi connectivity index (χ1n) is 7.45. The van der Waals surface area contributed by atoms with Crippen LogP contribution < -0.4 is 0 Å². The molecule has 0 atom stereocenters. The first-order chi connectivity index (χ1) is 10.8. The van der Waals surface area contributed by atoms with Crippen LogP contribution in [0.25, 0.3) is 22.9 Å². The van der Waals surface area contributed by atoms with E-state index in [2.05, 4.69) is 45.2 Å². The molecule has 1 heterocycles. The van der Waals surface area contributed by atoms with Crippen molar-refractivity contribution in [1.29, 1.82) is 0 Å². The highest BCUT2D eigenvalue weighted by atomic mass is 79.9. The zero-order chi connectivity index (χ0) is 15.4. The van der Waals surface area contributed by atoms with Crippen molar-refractivity contribution >= 4 is 15.9 Å². The molecule has 3 rings (SSSR count). The third-order valence-electron chi connectivity index (χ3n) is 3.54. The number of aromatic nitrogens is 2. The topological polar surface area (TPSA) is 38.9 Å². The van der Waals surface area contributed by atoms with Crippen LogP contribution in [0, 0.1) is 0 Å². The Balaban J connectivity index is 1.79. The molecule has 0 saturated carbocycles. The molecule has 22 heavy (non-hydrogen) atoms. The van der Waals surface area contributed by atoms with Gasteiger partial charge in [0.1, 0.15) is 0 Å². The first kappa shape index (κ1) is 15.0. The van der Waals surface area contributed by atoms with Gasteiger partial charge in [-0.3, -0.25) is 0 Å². The Labute approximate surface area is 138 Å². The summed E-state index contributed by atoms with van der Waals surface area (Å²) in [4.78, 5) is 0. The number of hydrogen-bond acceptors (Lipinski definition) is 3. The highest BCUT2D eigenvalue weighted by Gasteiger charge is 2.10. The van der Waals surface area contributed by atoms with Crippen LogP contribution in [-0.2, 0) is 6.42 Å². The minimum Gasteiger partial charge on any atom is -0.416 e. The number of rotatable bonds is 5. The number of unbranched alkanes of at least 4 members (excludes halogenated alkanes) is 1. The molecule has 1 aromatic heterocycles. The van der Waals surface area contributed by atoms with Gasteiger partial charge in [0, 0.05) is 15.6 Å². The van der Waals surface area contributed by atoms with E-state index in [4.69, 9.17) is 4.42 Å². The molecule has 112 valence electrons. The van der Waals surface area contributed by atoms with Crippen molar-refractivity contribution in [3.8, 4) is 22.9 Å². The quantitative estimate of drug-likeness (QED) is 0.604. The Morgan fingerprint density at radius 2 is 1.41 bits per heavy atom. The Morgan fingerprint density at radius 1 is 0.864 bits per heavy atom. The SMILES string of the molecule is CCCCc1ccc(-c2nnc(-c3ccc(Br)cc3)o2)cc1. The average molecular weight is 357 g/mol. The maximum absolute atomic E-state index is 5.78. The van der Waals surface area contributed by atoms with Crippen molar-refractivity contribution in [1.82, 2.24) is 10.2 Å². The molecule has 0 amide bonds. The van der Waals surface area contributed by atoms with E-state index in [-0.39, 0.29) is 0 Å². The van der Waals surface area contributed by atoms with Gasteiger partial charge in [0.05, 0.1) is 0 Å². The van der Waals surface area contributed by atoms with E-state index in [1.807, 2.05) is 36.4 Å². The highest BCUT2D eigenvalue weighted by Crippen LogP contribution is 2.25. The van der Waals surface area contributed by atoms with Crippen LogP contribution in [0.5, 0.6) is 0 Å². The van der Waals surface area contributed by atoms with Gasteiger partial charge in [-0.1, -0.05) is 41.4 Å². The van der Waals surface area contributed by atoms with Crippen LogP contribution in [0.3, 0.4) is 0 Å². The van der Waals surface area contributed by atoms with Crippen LogP contribution in [0.15, 0.2) is 57.4 Å². The lowest BCUT2D eigenvalue weighted by atomic mass is 10.1. The fourth-order valence-electron chi connectivity index (χ4n) is 2.24. The predicted molar refractivity (Wildman–Crippen MR) is 91.5 cm³/mol. The lowest BCUT2D eigenvalue weighted by Gasteiger charge is -2.00. The molecular formula is C18H17BrN2O. The number of nitrogens with zero attached hydrogens (tertiary/aromatic N) is 2. The second kappa shape index (κ2) is 6.88. The summed E-state index contributed by atoms with van der Waals surface area (Å²) in [5.74, 6) is 1.09. The van der Waals surface area contributed by atoms with Gasteiger partial charge in [-0.25, -0.2) is 0 Å². The van der Waals surface area contributed by atoms with Crippen LogP contribution in [0.4, 0.5) is 0 Å². The van der Waals surface area contributed by atoms with Crippen LogP contribution in [0.2, 0.25) is 0 Å². The number of halogens is 1. The predicted octanol–water partition coefficient (Wildman–Crippen LogP) is 5.51. The Bertz CT molecular complexity index is 733. The molecule has 2 aromatic carbocycles. The van der Waals surface area contributed by atoms with E-state index in [0.29, 0.717) is 11.8 Å². The van der Waals surface area contributed by atoms with E-state index in [1.54, 1.807) is 0 Å². The van der Waals surface area contributed by atoms with Gasteiger partial charge in [-0.2, -0.15) is 0 Å². The molecular weight excluding hydrogens is 340 g/mol. The van der Waals surface area contributed by atoms with Gasteiger partial charge < -0.3 is 4.42 Å². The minimum atomic E-state index is 0.539. The zero-order valence-electron chi connectivity index (χ0n) is 12.4. The van der Waals surface area contributed by atoms with Crippen molar-refractivity contribution in [2.75, 3.05) is 0 Å². The Kier molecular flexibility index (Phi) is 4.68. The first-order valence-corrected chi connectivity index (χ1v) is 8.24. The van der Waals surface area contributed by atoms with Crippen LogP contribution in [0.1, 0.15) is 25.3 Å². The third kappa shape index (κ3) is 3.45. The van der Waals surface area contributed by atoms with E-state index in [1.165, 1.54) is 18.4 Å². The second-order valence-corrected chi connectivity index (χ2v) is 6.14. The van der Waals surface area contributed by atoms with Crippen LogP contribution in [-0.4, -0.2) is 10.2 Å². The standard InChI is InChI=1S/C18H17BrN2O/c1-2-3-4-13-5-7-14(8-6-13)17-20-21-18(22-17)15-9-11-16(19)12-10-15/h5-12H,2-4H2,1H3. The fraction of sp³-hybridized carbons (Fsp3) is 0.222. The molecule has 0 unspecified atom stereocenters. The normalized spacial score (nSPS) is 10.8. The maximum Gasteiger partial charge on any atom is 0.248 e. The van der Waals surface area contributed by atoms with Gasteiger partial charge in [0.15, 0.2) is 0 Å². The van der Waals surface area contributed by atoms with E-state index >= 15 is 0 Å². The van der Waals surface area contributed by atoms with Crippen molar-refractivity contribution in [3.05, 3.63) is 58.6 Å². The summed E-state index contributed by atoms with van der Waals surface area (Å²) in [7, 11) is 0. The molecule has 3 aromatic rings. The Hall–Kier alpha value is -1.94. The Morgan fingerprint density at radius 3 is 1.95 bits per heavy atom. The maximum atomic E-state index is 5.78. The summed E-state index contributed by atoms with van der Waals surface area (Å²) in [6.45, 7) is 2.20. The largest absolute Gasteiger partial charge is 0.416 e. The van der Waals surface area contributed by atoms with E-state index in [9.17, 15) is 0 Å². The molecule has 3 nitrogen and oxygen atoms in total. The van der Waals surface area contributed by atoms with Gasteiger partial charge >= 0.3 is 0 Å². The summed E-state index contributed by atoms with van der Waals surface area (Å²) >= 11 is 3.42. The number of aryl methyl sites for hydroxylation is 1. The molecule has 0 saturated heterocycles. The molecule has 0 spiro atoms. The van der Waals surface area contributed by atoms with Crippen molar-refractivity contribution in [3.63, 3.8) is 0 Å². The molecule has 0 bridgehead atoms. The van der Waals surface area contributed by atoms with Gasteiger partial charge in [0.2, 0.25) is 11.8 Å². The second-order valence-electron chi connectivity index (χ2n) is 5.22. The van der Waals surface area contributed by atoms with Crippen molar-refractivity contribution < 1.29 is 4.42 Å². The van der Waals surface area contributed by atoms with E-state index in [0.717, 1.165) is 22.0 Å². The summed E-state index contributed by atoms with van der Waals surface area (Å²) in [5, 5.41) is 8.28. The summed E-state index contributed by atoms with van der Waals surface area (Å²) in [6, 6.07) is 16.2. The fourth-order valence-corrected chi connectivity index (χ4v) is 2.51. The van der Waals surface area contributed by atoms with Crippen molar-refractivity contribution in [2.45, 2.75) is 26.2 Å². The van der Waals surface area contributed by atoms with E-state index < -0.39 is 0 Å². The zero-order valence-corrected chi connectivity index (χ0v) is 14.0. The molecule has 0 radical (unpaired) electrons. The number of benzene rings is 2. The van der Waals surface area contributed by atoms with Crippen molar-refractivity contribution in [2.24, 2.45) is 0 Å². The molecule has 0 aliphatic rings. The van der Waals surface area contributed by atoms with Crippen LogP contribution >= 0.6 is 15.9 Å². The van der Waals surface area contributed by atoms with Gasteiger partial charge in [0.25, 0.3) is 0 Å². The third-order valence-corrected chi connectivity index (χ3v) is 4.06. The highest BCUT2D eigenvalue weighted by molar-refractivity contribution is 9.10. The lowest BCUT2D eigenvalue weighted by molar-refractivity contribution is 0.584. The molecule has 0 aliphatic carbocycles. The molecule has 4 heteroatoms. The lowest BCUT2D eigenvalue weighted by Crippen LogP contribution is -1.85. The van der Waals surface area contributed by atoms with Gasteiger partial charge in [-0.05, 0) is 54.8 Å². The monoisotopic (exact) mass is 356 g/mol. The van der Waals surface area contributed by atoms with Gasteiger partial charge in [-0.15, -0.1) is 10.2 Å². The number of hydrogen-bond donors (Lipinski definition) is 0. The molecule has 0 aliphatic heterocycles. The summed E-state index contributed by atoms with van der Waals surface area (Å²) in [5.41, 5.74) is 3.22. The molecule has 0 fully saturated rings.